The van der Waals surface area contributed by atoms with E-state index in [4.69, 9.17) is 0 Å². The lowest BCUT2D eigenvalue weighted by molar-refractivity contribution is 0.171. The fraction of sp³-hybridized carbons (Fsp3) is 1.00. The van der Waals surface area contributed by atoms with E-state index in [1.165, 1.54) is 0 Å². The van der Waals surface area contributed by atoms with Crippen molar-refractivity contribution in [3.8, 4) is 0 Å². The van der Waals surface area contributed by atoms with Crippen molar-refractivity contribution in [1.82, 2.24) is 4.72 Å². The van der Waals surface area contributed by atoms with E-state index in [0.717, 1.165) is 19.3 Å². The molecule has 4 heteroatoms. The molecule has 0 spiro atoms. The molecular formula is C9H18FNOS. The van der Waals surface area contributed by atoms with Gasteiger partial charge in [-0.2, -0.15) is 0 Å². The Labute approximate surface area is 81.9 Å². The lowest BCUT2D eigenvalue weighted by Crippen LogP contribution is -2.56. The summed E-state index contributed by atoms with van der Waals surface area (Å²) in [5.41, 5.74) is -0.474. The molecule has 1 aliphatic carbocycles. The highest BCUT2D eigenvalue weighted by molar-refractivity contribution is 7.84. The van der Waals surface area contributed by atoms with Crippen LogP contribution in [0, 0.1) is 0 Å². The molecule has 0 heterocycles. The van der Waals surface area contributed by atoms with E-state index in [1.54, 1.807) is 0 Å². The number of alkyl halides is 1. The summed E-state index contributed by atoms with van der Waals surface area (Å²) in [7, 11) is -1.15. The fourth-order valence-corrected chi connectivity index (χ4v) is 2.17. The van der Waals surface area contributed by atoms with Gasteiger partial charge in [-0.3, -0.25) is 0 Å². The molecule has 0 unspecified atom stereocenters. The van der Waals surface area contributed by atoms with Gasteiger partial charge in [0, 0.05) is 0 Å². The van der Waals surface area contributed by atoms with Crippen LogP contribution in [0.5, 0.6) is 0 Å². The Morgan fingerprint density at radius 3 is 2.23 bits per heavy atom. The molecule has 2 nitrogen and oxygen atoms in total. The topological polar surface area (TPSA) is 29.1 Å². The molecule has 13 heavy (non-hydrogen) atoms. The number of nitrogens with one attached hydrogen (secondary N) is 1. The molecule has 1 rings (SSSR count). The van der Waals surface area contributed by atoms with Gasteiger partial charge < -0.3 is 0 Å². The average molecular weight is 207 g/mol. The quantitative estimate of drug-likeness (QED) is 0.752. The summed E-state index contributed by atoms with van der Waals surface area (Å²) >= 11 is 0. The molecule has 1 fully saturated rings. The van der Waals surface area contributed by atoms with Crippen LogP contribution in [0.2, 0.25) is 0 Å². The normalized spacial score (nSPS) is 23.7. The van der Waals surface area contributed by atoms with E-state index < -0.39 is 23.2 Å². The second-order valence-corrected chi connectivity index (χ2v) is 6.72. The minimum Gasteiger partial charge on any atom is -0.249 e. The molecule has 0 aromatic rings. The van der Waals surface area contributed by atoms with Gasteiger partial charge in [-0.15, -0.1) is 0 Å². The third-order valence-corrected chi connectivity index (χ3v) is 4.16. The fourth-order valence-electron chi connectivity index (χ4n) is 1.22. The Kier molecular flexibility index (Phi) is 3.12. The van der Waals surface area contributed by atoms with Gasteiger partial charge in [0.2, 0.25) is 0 Å². The molecular weight excluding hydrogens is 189 g/mol. The maximum Gasteiger partial charge on any atom is 0.108 e. The van der Waals surface area contributed by atoms with Crippen LogP contribution in [0.4, 0.5) is 4.39 Å². The maximum absolute atomic E-state index is 12.6. The van der Waals surface area contributed by atoms with Crippen LogP contribution < -0.4 is 4.72 Å². The number of halogens is 1. The summed E-state index contributed by atoms with van der Waals surface area (Å²) in [5, 5.41) is 0. The van der Waals surface area contributed by atoms with Crippen LogP contribution in [0.1, 0.15) is 40.0 Å². The summed E-state index contributed by atoms with van der Waals surface area (Å²) in [4.78, 5) is 0. The maximum atomic E-state index is 12.6. The van der Waals surface area contributed by atoms with Gasteiger partial charge in [-0.05, 0) is 40.0 Å². The summed E-state index contributed by atoms with van der Waals surface area (Å²) in [6, 6.07) is 0. The van der Waals surface area contributed by atoms with Gasteiger partial charge in [0.05, 0.1) is 21.3 Å². The molecule has 0 aromatic carbocycles. The molecule has 0 saturated heterocycles. The standard InChI is InChI=1S/C9H18FNOS/c1-8(2,3)13(12)11-9(7-10)5-4-6-9/h11H,4-7H2,1-3H3/t13-/m1/s1. The SMILES string of the molecule is CC(C)(C)[S@@](=O)NC1(CF)CCC1. The van der Waals surface area contributed by atoms with Crippen molar-refractivity contribution >= 4 is 11.0 Å². The Balaban J connectivity index is 2.52. The van der Waals surface area contributed by atoms with Gasteiger partial charge in [0.15, 0.2) is 0 Å². The lowest BCUT2D eigenvalue weighted by Gasteiger charge is -2.41. The first kappa shape index (κ1) is 11.1. The van der Waals surface area contributed by atoms with E-state index in [9.17, 15) is 8.60 Å². The smallest absolute Gasteiger partial charge is 0.108 e. The molecule has 1 N–H and O–H groups in total. The highest BCUT2D eigenvalue weighted by atomic mass is 32.2. The molecule has 0 bridgehead atoms. The van der Waals surface area contributed by atoms with Crippen molar-refractivity contribution in [2.45, 2.75) is 50.3 Å². The molecule has 0 aliphatic heterocycles. The van der Waals surface area contributed by atoms with Crippen LogP contribution in [0.25, 0.3) is 0 Å². The van der Waals surface area contributed by atoms with E-state index in [-0.39, 0.29) is 4.75 Å². The monoisotopic (exact) mass is 207 g/mol. The van der Waals surface area contributed by atoms with Crippen LogP contribution in [-0.2, 0) is 11.0 Å². The highest BCUT2D eigenvalue weighted by Gasteiger charge is 2.40. The molecule has 0 aromatic heterocycles. The zero-order valence-electron chi connectivity index (χ0n) is 8.52. The van der Waals surface area contributed by atoms with Gasteiger partial charge in [0.25, 0.3) is 0 Å². The zero-order valence-corrected chi connectivity index (χ0v) is 9.34. The van der Waals surface area contributed by atoms with Crippen LogP contribution in [0.3, 0.4) is 0 Å². The van der Waals surface area contributed by atoms with Crippen molar-refractivity contribution < 1.29 is 8.60 Å². The number of rotatable bonds is 3. The lowest BCUT2D eigenvalue weighted by atomic mass is 9.79. The summed E-state index contributed by atoms with van der Waals surface area (Å²) in [6.45, 7) is 5.26. The molecule has 1 atom stereocenters. The van der Waals surface area contributed by atoms with E-state index in [2.05, 4.69) is 4.72 Å². The van der Waals surface area contributed by atoms with E-state index >= 15 is 0 Å². The third kappa shape index (κ3) is 2.50. The second-order valence-electron chi connectivity index (χ2n) is 4.75. The van der Waals surface area contributed by atoms with Gasteiger partial charge in [-0.1, -0.05) is 0 Å². The predicted octanol–water partition coefficient (Wildman–Crippen LogP) is 1.93. The first-order chi connectivity index (χ1) is 5.90. The van der Waals surface area contributed by atoms with E-state index in [1.807, 2.05) is 20.8 Å². The minimum absolute atomic E-state index is 0.308. The summed E-state index contributed by atoms with van der Waals surface area (Å²) < 4.78 is 26.9. The number of hydrogen-bond acceptors (Lipinski definition) is 1. The first-order valence-electron chi connectivity index (χ1n) is 4.65. The number of hydrogen-bond donors (Lipinski definition) is 1. The zero-order chi connectivity index (χ0) is 10.1. The Bertz CT molecular complexity index is 203. The summed E-state index contributed by atoms with van der Waals surface area (Å²) in [5.74, 6) is 0. The van der Waals surface area contributed by atoms with Crippen molar-refractivity contribution in [3.05, 3.63) is 0 Å². The van der Waals surface area contributed by atoms with Crippen molar-refractivity contribution in [1.29, 1.82) is 0 Å². The molecule has 78 valence electrons. The third-order valence-electron chi connectivity index (χ3n) is 2.43. The van der Waals surface area contributed by atoms with E-state index in [0.29, 0.717) is 0 Å². The highest BCUT2D eigenvalue weighted by Crippen LogP contribution is 2.33. The van der Waals surface area contributed by atoms with Crippen LogP contribution in [0.15, 0.2) is 0 Å². The Hall–Kier alpha value is 0.0400. The van der Waals surface area contributed by atoms with Crippen LogP contribution >= 0.6 is 0 Å². The average Bonchev–Trinajstić information content (AvgIpc) is 1.94. The molecule has 0 amide bonds. The molecule has 1 saturated carbocycles. The molecule has 1 aliphatic rings. The minimum atomic E-state index is -1.15. The predicted molar refractivity (Wildman–Crippen MR) is 53.6 cm³/mol. The first-order valence-corrected chi connectivity index (χ1v) is 5.80. The van der Waals surface area contributed by atoms with Gasteiger partial charge >= 0.3 is 0 Å². The summed E-state index contributed by atoms with van der Waals surface area (Å²) in [6.07, 6.45) is 2.66. The molecule has 0 radical (unpaired) electrons. The van der Waals surface area contributed by atoms with Crippen LogP contribution in [-0.4, -0.2) is 21.2 Å². The van der Waals surface area contributed by atoms with Gasteiger partial charge in [0.1, 0.15) is 6.67 Å². The Morgan fingerprint density at radius 1 is 1.46 bits per heavy atom. The Morgan fingerprint density at radius 2 is 2.00 bits per heavy atom. The van der Waals surface area contributed by atoms with Gasteiger partial charge in [-0.25, -0.2) is 13.3 Å². The van der Waals surface area contributed by atoms with Crippen molar-refractivity contribution in [2.24, 2.45) is 0 Å². The van der Waals surface area contributed by atoms with Crippen molar-refractivity contribution in [3.63, 3.8) is 0 Å². The largest absolute Gasteiger partial charge is 0.249 e. The second kappa shape index (κ2) is 3.65. The van der Waals surface area contributed by atoms with Crippen molar-refractivity contribution in [2.75, 3.05) is 6.67 Å².